The van der Waals surface area contributed by atoms with Gasteiger partial charge in [-0.05, 0) is 55.3 Å². The van der Waals surface area contributed by atoms with Crippen molar-refractivity contribution in [3.05, 3.63) is 64.5 Å². The molecule has 0 saturated heterocycles. The first-order valence-corrected chi connectivity index (χ1v) is 9.73. The molecule has 1 aliphatic carbocycles. The number of hydrogen-bond donors (Lipinski definition) is 1. The smallest absolute Gasteiger partial charge is 0.251 e. The van der Waals surface area contributed by atoms with Crippen molar-refractivity contribution in [2.75, 3.05) is 0 Å². The maximum Gasteiger partial charge on any atom is 0.251 e. The summed E-state index contributed by atoms with van der Waals surface area (Å²) in [5.41, 5.74) is 1.66. The molecule has 1 saturated carbocycles. The fourth-order valence-electron chi connectivity index (χ4n) is 4.72. The zero-order chi connectivity index (χ0) is 21.6. The van der Waals surface area contributed by atoms with Gasteiger partial charge in [-0.2, -0.15) is 5.26 Å². The summed E-state index contributed by atoms with van der Waals surface area (Å²) in [4.78, 5) is 12.7. The van der Waals surface area contributed by atoms with Crippen molar-refractivity contribution in [3.63, 3.8) is 0 Å². The predicted molar refractivity (Wildman–Crippen MR) is 110 cm³/mol. The Kier molecular flexibility index (Phi) is 5.17. The Labute approximate surface area is 171 Å². The summed E-state index contributed by atoms with van der Waals surface area (Å²) in [5, 5.41) is 12.2. The summed E-state index contributed by atoms with van der Waals surface area (Å²) < 4.78 is 20.1. The molecule has 0 radical (unpaired) electrons. The van der Waals surface area contributed by atoms with E-state index in [1.807, 2.05) is 13.0 Å². The highest BCUT2D eigenvalue weighted by Crippen LogP contribution is 2.55. The number of benzene rings is 2. The van der Waals surface area contributed by atoms with E-state index in [2.05, 4.69) is 39.1 Å². The molecule has 0 unspecified atom stereocenters. The van der Waals surface area contributed by atoms with Crippen LogP contribution in [0.15, 0.2) is 36.4 Å². The largest absolute Gasteiger partial charge is 0.489 e. The monoisotopic (exact) mass is 394 g/mol. The average Bonchev–Trinajstić information content (AvgIpc) is 2.65. The van der Waals surface area contributed by atoms with Crippen molar-refractivity contribution in [3.8, 4) is 11.8 Å². The fraction of sp³-hybridized carbons (Fsp3) is 0.417. The normalized spacial score (nSPS) is 21.6. The third kappa shape index (κ3) is 3.60. The van der Waals surface area contributed by atoms with Gasteiger partial charge >= 0.3 is 0 Å². The van der Waals surface area contributed by atoms with E-state index in [4.69, 9.17) is 10.00 Å². The minimum absolute atomic E-state index is 0.137. The van der Waals surface area contributed by atoms with Crippen LogP contribution < -0.4 is 10.1 Å². The van der Waals surface area contributed by atoms with Crippen LogP contribution in [0, 0.1) is 41.8 Å². The molecule has 152 valence electrons. The topological polar surface area (TPSA) is 62.1 Å². The number of nitrogens with one attached hydrogen (secondary N) is 1. The average molecular weight is 394 g/mol. The molecule has 0 aliphatic heterocycles. The number of carbonyl (C=O) groups excluding carboxylic acids is 1. The van der Waals surface area contributed by atoms with Crippen molar-refractivity contribution in [2.24, 2.45) is 10.8 Å². The van der Waals surface area contributed by atoms with Crippen LogP contribution >= 0.6 is 0 Å². The maximum atomic E-state index is 13.8. The van der Waals surface area contributed by atoms with Gasteiger partial charge in [0.25, 0.3) is 5.91 Å². The summed E-state index contributed by atoms with van der Waals surface area (Å²) in [6, 6.07) is 12.0. The van der Waals surface area contributed by atoms with Crippen molar-refractivity contribution >= 4 is 5.91 Å². The van der Waals surface area contributed by atoms with Crippen LogP contribution in [0.5, 0.6) is 5.75 Å². The highest BCUT2D eigenvalue weighted by molar-refractivity contribution is 5.94. The Morgan fingerprint density at radius 2 is 1.72 bits per heavy atom. The lowest BCUT2D eigenvalue weighted by atomic mass is 9.49. The van der Waals surface area contributed by atoms with Gasteiger partial charge in [-0.1, -0.05) is 33.8 Å². The van der Waals surface area contributed by atoms with Crippen LogP contribution in [0.2, 0.25) is 0 Å². The number of ether oxygens (including phenoxy) is 1. The molecule has 0 spiro atoms. The number of aryl methyl sites for hydroxylation is 2. The van der Waals surface area contributed by atoms with Gasteiger partial charge in [0, 0.05) is 22.4 Å². The van der Waals surface area contributed by atoms with E-state index >= 15 is 0 Å². The molecular formula is C24H27FN2O2. The van der Waals surface area contributed by atoms with Crippen molar-refractivity contribution in [1.82, 2.24) is 5.32 Å². The van der Waals surface area contributed by atoms with Gasteiger partial charge in [0.05, 0.1) is 11.6 Å². The van der Waals surface area contributed by atoms with Crippen LogP contribution in [-0.2, 0) is 0 Å². The Hall–Kier alpha value is -2.87. The molecule has 29 heavy (non-hydrogen) atoms. The summed E-state index contributed by atoms with van der Waals surface area (Å²) >= 11 is 0. The van der Waals surface area contributed by atoms with Gasteiger partial charge in [-0.15, -0.1) is 0 Å². The quantitative estimate of drug-likeness (QED) is 0.800. The van der Waals surface area contributed by atoms with Crippen LogP contribution in [-0.4, -0.2) is 18.1 Å². The molecule has 1 N–H and O–H groups in total. The molecule has 4 nitrogen and oxygen atoms in total. The molecule has 1 aliphatic rings. The minimum atomic E-state index is -0.387. The number of amides is 1. The highest BCUT2D eigenvalue weighted by Gasteiger charge is 2.64. The summed E-state index contributed by atoms with van der Waals surface area (Å²) in [5.74, 6) is 0.0305. The fourth-order valence-corrected chi connectivity index (χ4v) is 4.72. The molecule has 0 heterocycles. The second kappa shape index (κ2) is 7.18. The number of nitrogens with zero attached hydrogens (tertiary/aromatic N) is 1. The van der Waals surface area contributed by atoms with Gasteiger partial charge in [-0.25, -0.2) is 4.39 Å². The molecule has 2 aromatic rings. The zero-order valence-corrected chi connectivity index (χ0v) is 17.8. The lowest BCUT2D eigenvalue weighted by Gasteiger charge is -2.63. The Morgan fingerprint density at radius 1 is 1.07 bits per heavy atom. The van der Waals surface area contributed by atoms with Crippen LogP contribution in [0.25, 0.3) is 0 Å². The third-order valence-corrected chi connectivity index (χ3v) is 6.12. The summed E-state index contributed by atoms with van der Waals surface area (Å²) in [6.07, 6.45) is -0.137. The van der Waals surface area contributed by atoms with Crippen molar-refractivity contribution < 1.29 is 13.9 Å². The zero-order valence-electron chi connectivity index (χ0n) is 17.8. The first kappa shape index (κ1) is 20.9. The van der Waals surface area contributed by atoms with Crippen molar-refractivity contribution in [2.45, 2.75) is 53.7 Å². The molecule has 5 heteroatoms. The maximum absolute atomic E-state index is 13.8. The third-order valence-electron chi connectivity index (χ3n) is 6.12. The van der Waals surface area contributed by atoms with E-state index in [0.29, 0.717) is 22.4 Å². The molecule has 0 atom stereocenters. The summed E-state index contributed by atoms with van der Waals surface area (Å²) in [7, 11) is 0. The second-order valence-corrected chi connectivity index (χ2v) is 9.10. The summed E-state index contributed by atoms with van der Waals surface area (Å²) in [6.45, 7) is 11.8. The Bertz CT molecular complexity index is 988. The van der Waals surface area contributed by atoms with Gasteiger partial charge < -0.3 is 10.1 Å². The number of rotatable bonds is 4. The molecule has 0 aromatic heterocycles. The van der Waals surface area contributed by atoms with E-state index in [1.165, 1.54) is 6.07 Å². The number of carbonyl (C=O) groups is 1. The van der Waals surface area contributed by atoms with Crippen LogP contribution in [0.3, 0.4) is 0 Å². The Morgan fingerprint density at radius 3 is 2.28 bits per heavy atom. The van der Waals surface area contributed by atoms with E-state index in [-0.39, 0.29) is 34.7 Å². The first-order chi connectivity index (χ1) is 13.5. The highest BCUT2D eigenvalue weighted by atomic mass is 19.1. The molecule has 2 aromatic carbocycles. The lowest BCUT2D eigenvalue weighted by molar-refractivity contribution is -0.164. The molecule has 1 amide bonds. The number of hydrogen-bond acceptors (Lipinski definition) is 3. The second-order valence-electron chi connectivity index (χ2n) is 9.10. The predicted octanol–water partition coefficient (Wildman–Crippen LogP) is 4.93. The standard InChI is InChI=1S/C24H27FN2O2/c1-14-7-8-16(12-19(14)25)20(28)27-21-23(3,4)22(24(21,5)6)29-18-10-9-17(13-26)15(2)11-18/h7-12,21-22H,1-6H3,(H,27,28). The SMILES string of the molecule is Cc1ccc(C(=O)NC2C(C)(C)C(Oc3ccc(C#N)c(C)c3)C2(C)C)cc1F. The molecular weight excluding hydrogens is 367 g/mol. The van der Waals surface area contributed by atoms with Gasteiger partial charge in [0.2, 0.25) is 0 Å². The van der Waals surface area contributed by atoms with Crippen LogP contribution in [0.4, 0.5) is 4.39 Å². The molecule has 0 bridgehead atoms. The lowest BCUT2D eigenvalue weighted by Crippen LogP contribution is -2.74. The van der Waals surface area contributed by atoms with E-state index < -0.39 is 0 Å². The van der Waals surface area contributed by atoms with Gasteiger partial charge in [0.15, 0.2) is 0 Å². The Balaban J connectivity index is 1.77. The number of nitriles is 1. The molecule has 3 rings (SSSR count). The van der Waals surface area contributed by atoms with E-state index in [9.17, 15) is 9.18 Å². The van der Waals surface area contributed by atoms with E-state index in [0.717, 1.165) is 5.56 Å². The number of halogens is 1. The van der Waals surface area contributed by atoms with Gasteiger partial charge in [-0.3, -0.25) is 4.79 Å². The van der Waals surface area contributed by atoms with Gasteiger partial charge in [0.1, 0.15) is 17.7 Å². The van der Waals surface area contributed by atoms with Crippen LogP contribution in [0.1, 0.15) is 54.7 Å². The van der Waals surface area contributed by atoms with Crippen molar-refractivity contribution in [1.29, 1.82) is 5.26 Å². The molecule has 1 fully saturated rings. The first-order valence-electron chi connectivity index (χ1n) is 9.73. The minimum Gasteiger partial charge on any atom is -0.489 e. The van der Waals surface area contributed by atoms with E-state index in [1.54, 1.807) is 31.2 Å².